The topological polar surface area (TPSA) is 103 Å². The monoisotopic (exact) mass is 892 g/mol. The van der Waals surface area contributed by atoms with E-state index in [-0.39, 0.29) is 26.4 Å². The molecule has 0 radical (unpaired) electrons. The first-order chi connectivity index (χ1) is 32.6. The lowest BCUT2D eigenvalue weighted by atomic mass is 9.92. The molecule has 1 N–H and O–H groups in total. The fourth-order valence-corrected chi connectivity index (χ4v) is 8.38. The van der Waals surface area contributed by atoms with Crippen LogP contribution in [0.2, 0.25) is 0 Å². The van der Waals surface area contributed by atoms with Gasteiger partial charge in [0, 0.05) is 7.11 Å². The standard InChI is InChI=1S/C56H60O10/c1-58-56-55(64-40-46-30-18-7-19-31-46)54(63-39-45-28-16-6-17-29-45)51(60-36-42-22-10-3-11-23-42)48(66-56)33-32-47-50(59-35-41-20-8-2-9-21-41)53(62-38-44-26-14-5-15-27-44)52(49(34-57)65-47)61-37-43-24-12-4-13-25-43/h2-33,47-57H,34-40H2,1H3/b33-32-/t47-,48+,49+,50-,51+,52+,53+,54-,55+,56-/m0/s1. The molecular formula is C56H60O10. The summed E-state index contributed by atoms with van der Waals surface area (Å²) in [5.74, 6) is 0. The predicted molar refractivity (Wildman–Crippen MR) is 251 cm³/mol. The van der Waals surface area contributed by atoms with Crippen LogP contribution in [-0.2, 0) is 82.3 Å². The molecule has 2 heterocycles. The van der Waals surface area contributed by atoms with E-state index in [1.54, 1.807) is 7.11 Å². The molecule has 6 aromatic carbocycles. The Bertz CT molecular complexity index is 2110. The maximum atomic E-state index is 11.0. The molecule has 6 aromatic rings. The molecule has 0 spiro atoms. The zero-order valence-electron chi connectivity index (χ0n) is 37.3. The van der Waals surface area contributed by atoms with Gasteiger partial charge in [-0.3, -0.25) is 0 Å². The van der Waals surface area contributed by atoms with Gasteiger partial charge in [-0.1, -0.05) is 194 Å². The average molecular weight is 893 g/mol. The van der Waals surface area contributed by atoms with Crippen LogP contribution < -0.4 is 0 Å². The Kier molecular flexibility index (Phi) is 17.8. The first kappa shape index (κ1) is 47.2. The second-order valence-corrected chi connectivity index (χ2v) is 16.5. The predicted octanol–water partition coefficient (Wildman–Crippen LogP) is 9.19. The summed E-state index contributed by atoms with van der Waals surface area (Å²) in [4.78, 5) is 0. The van der Waals surface area contributed by atoms with Crippen LogP contribution in [0.25, 0.3) is 0 Å². The summed E-state index contributed by atoms with van der Waals surface area (Å²) in [5.41, 5.74) is 5.96. The van der Waals surface area contributed by atoms with Crippen LogP contribution in [0.15, 0.2) is 194 Å². The van der Waals surface area contributed by atoms with Gasteiger partial charge in [0.1, 0.15) is 54.9 Å². The molecule has 10 atom stereocenters. The molecule has 0 unspecified atom stereocenters. The van der Waals surface area contributed by atoms with Gasteiger partial charge in [0.2, 0.25) is 0 Å². The van der Waals surface area contributed by atoms with E-state index in [1.165, 1.54) is 0 Å². The maximum Gasteiger partial charge on any atom is 0.186 e. The number of benzene rings is 6. The molecular weight excluding hydrogens is 833 g/mol. The van der Waals surface area contributed by atoms with Gasteiger partial charge >= 0.3 is 0 Å². The van der Waals surface area contributed by atoms with Gasteiger partial charge in [-0.05, 0) is 33.4 Å². The van der Waals surface area contributed by atoms with Crippen molar-refractivity contribution in [1.82, 2.24) is 0 Å². The van der Waals surface area contributed by atoms with Crippen LogP contribution in [0, 0.1) is 0 Å². The van der Waals surface area contributed by atoms with E-state index in [2.05, 4.69) is 0 Å². The van der Waals surface area contributed by atoms with E-state index < -0.39 is 61.2 Å². The summed E-state index contributed by atoms with van der Waals surface area (Å²) >= 11 is 0. The molecule has 0 amide bonds. The number of hydrogen-bond acceptors (Lipinski definition) is 10. The third-order valence-electron chi connectivity index (χ3n) is 11.8. The first-order valence-corrected chi connectivity index (χ1v) is 22.7. The normalized spacial score (nSPS) is 25.5. The minimum absolute atomic E-state index is 0.282. The van der Waals surface area contributed by atoms with E-state index in [9.17, 15) is 5.11 Å². The number of ether oxygens (including phenoxy) is 9. The van der Waals surface area contributed by atoms with Crippen LogP contribution in [0.5, 0.6) is 0 Å². The molecule has 0 aliphatic carbocycles. The highest BCUT2D eigenvalue weighted by molar-refractivity contribution is 5.19. The minimum Gasteiger partial charge on any atom is -0.394 e. The van der Waals surface area contributed by atoms with Gasteiger partial charge in [0.05, 0.1) is 46.2 Å². The van der Waals surface area contributed by atoms with Crippen molar-refractivity contribution >= 4 is 0 Å². The molecule has 66 heavy (non-hydrogen) atoms. The Labute approximate surface area is 388 Å². The lowest BCUT2D eigenvalue weighted by Crippen LogP contribution is -2.61. The van der Waals surface area contributed by atoms with Gasteiger partial charge < -0.3 is 47.7 Å². The summed E-state index contributed by atoms with van der Waals surface area (Å²) in [6.45, 7) is 1.45. The number of rotatable bonds is 22. The zero-order chi connectivity index (χ0) is 45.2. The maximum absolute atomic E-state index is 11.0. The van der Waals surface area contributed by atoms with Crippen molar-refractivity contribution in [3.05, 3.63) is 228 Å². The van der Waals surface area contributed by atoms with Gasteiger partial charge in [-0.15, -0.1) is 0 Å². The highest BCUT2D eigenvalue weighted by Gasteiger charge is 2.50. The largest absolute Gasteiger partial charge is 0.394 e. The lowest BCUT2D eigenvalue weighted by molar-refractivity contribution is -0.309. The van der Waals surface area contributed by atoms with Gasteiger partial charge in [-0.2, -0.15) is 0 Å². The number of aliphatic hydroxyl groups excluding tert-OH is 1. The third kappa shape index (κ3) is 13.2. The highest BCUT2D eigenvalue weighted by atomic mass is 16.7. The molecule has 8 rings (SSSR count). The van der Waals surface area contributed by atoms with Crippen LogP contribution in [0.4, 0.5) is 0 Å². The number of aliphatic hydroxyl groups is 1. The van der Waals surface area contributed by atoms with Gasteiger partial charge in [0.15, 0.2) is 6.29 Å². The van der Waals surface area contributed by atoms with E-state index in [0.29, 0.717) is 19.8 Å². The summed E-state index contributed by atoms with van der Waals surface area (Å²) in [6.07, 6.45) is -3.20. The quantitative estimate of drug-likeness (QED) is 0.0664. The van der Waals surface area contributed by atoms with Crippen molar-refractivity contribution in [2.24, 2.45) is 0 Å². The van der Waals surface area contributed by atoms with E-state index in [1.807, 2.05) is 194 Å². The molecule has 344 valence electrons. The van der Waals surface area contributed by atoms with Crippen molar-refractivity contribution in [3.63, 3.8) is 0 Å². The fraction of sp³-hybridized carbons (Fsp3) is 0.321. The molecule has 0 aromatic heterocycles. The molecule has 2 aliphatic rings. The fourth-order valence-electron chi connectivity index (χ4n) is 8.38. The molecule has 2 saturated heterocycles. The van der Waals surface area contributed by atoms with Crippen LogP contribution >= 0.6 is 0 Å². The van der Waals surface area contributed by atoms with Crippen LogP contribution in [0.3, 0.4) is 0 Å². The van der Waals surface area contributed by atoms with Gasteiger partial charge in [-0.25, -0.2) is 0 Å². The molecule has 2 aliphatic heterocycles. The Balaban J connectivity index is 1.14. The Hall–Kier alpha value is -5.34. The summed E-state index contributed by atoms with van der Waals surface area (Å²) < 4.78 is 60.5. The zero-order valence-corrected chi connectivity index (χ0v) is 37.3. The molecule has 2 fully saturated rings. The third-order valence-corrected chi connectivity index (χ3v) is 11.8. The minimum atomic E-state index is -0.832. The highest BCUT2D eigenvalue weighted by Crippen LogP contribution is 2.34. The Morgan fingerprint density at radius 3 is 0.955 bits per heavy atom. The second kappa shape index (κ2) is 25.0. The summed E-state index contributed by atoms with van der Waals surface area (Å²) in [5, 5.41) is 11.0. The Morgan fingerprint density at radius 1 is 0.364 bits per heavy atom. The first-order valence-electron chi connectivity index (χ1n) is 22.7. The molecule has 10 nitrogen and oxygen atoms in total. The van der Waals surface area contributed by atoms with Crippen molar-refractivity contribution in [1.29, 1.82) is 0 Å². The van der Waals surface area contributed by atoms with Gasteiger partial charge in [0.25, 0.3) is 0 Å². The molecule has 10 heteroatoms. The van der Waals surface area contributed by atoms with Crippen LogP contribution in [0.1, 0.15) is 33.4 Å². The van der Waals surface area contributed by atoms with E-state index >= 15 is 0 Å². The lowest BCUT2D eigenvalue weighted by Gasteiger charge is -2.46. The van der Waals surface area contributed by atoms with Crippen molar-refractivity contribution in [2.45, 2.75) is 101 Å². The number of hydrogen-bond donors (Lipinski definition) is 1. The van der Waals surface area contributed by atoms with E-state index in [4.69, 9.17) is 42.6 Å². The number of methoxy groups -OCH3 is 1. The van der Waals surface area contributed by atoms with Crippen LogP contribution in [-0.4, -0.2) is 80.0 Å². The second-order valence-electron chi connectivity index (χ2n) is 16.5. The van der Waals surface area contributed by atoms with Crippen molar-refractivity contribution in [3.8, 4) is 0 Å². The molecule has 0 bridgehead atoms. The smallest absolute Gasteiger partial charge is 0.186 e. The SMILES string of the molecule is CO[C@H]1O[C@H](/C=C\[C@@H]2O[C@H](CO)[C@@H](OCc3ccccc3)[C@H](OCc3ccccc3)[C@H]2OCc2ccccc2)[C@@H](OCc2ccccc2)[C@H](OCc2ccccc2)[C@H]1OCc1ccccc1. The molecule has 0 saturated carbocycles. The Morgan fingerprint density at radius 2 is 0.636 bits per heavy atom. The average Bonchev–Trinajstić information content (AvgIpc) is 3.38. The summed E-state index contributed by atoms with van der Waals surface area (Å²) in [7, 11) is 1.61. The van der Waals surface area contributed by atoms with E-state index in [0.717, 1.165) is 33.4 Å². The summed E-state index contributed by atoms with van der Waals surface area (Å²) in [6, 6.07) is 60.0. The van der Waals surface area contributed by atoms with Crippen molar-refractivity contribution < 1.29 is 47.7 Å². The van der Waals surface area contributed by atoms with Crippen molar-refractivity contribution in [2.75, 3.05) is 13.7 Å².